The lowest BCUT2D eigenvalue weighted by Gasteiger charge is -2.45. The van der Waals surface area contributed by atoms with Crippen LogP contribution in [-0.2, 0) is 4.12 Å². The van der Waals surface area contributed by atoms with Crippen molar-refractivity contribution in [1.29, 1.82) is 0 Å². The van der Waals surface area contributed by atoms with E-state index < -0.39 is 16.6 Å². The van der Waals surface area contributed by atoms with Crippen molar-refractivity contribution >= 4 is 16.6 Å². The van der Waals surface area contributed by atoms with Crippen LogP contribution >= 0.6 is 0 Å². The Morgan fingerprint density at radius 3 is 1.14 bits per heavy atom. The zero-order valence-electron chi connectivity index (χ0n) is 15.4. The molecule has 0 aliphatic heterocycles. The van der Waals surface area contributed by atoms with Gasteiger partial charge in [-0.2, -0.15) is 0 Å². The summed E-state index contributed by atoms with van der Waals surface area (Å²) < 4.78 is 7.05. The average molecular weight is 327 g/mol. The van der Waals surface area contributed by atoms with E-state index in [4.69, 9.17) is 4.12 Å². The lowest BCUT2D eigenvalue weighted by atomic mass is 9.90. The van der Waals surface area contributed by atoms with E-state index in [0.29, 0.717) is 0 Å². The Hall–Kier alpha value is 0.394. The maximum Gasteiger partial charge on any atom is 0.176 e. The summed E-state index contributed by atoms with van der Waals surface area (Å²) >= 11 is 0. The van der Waals surface area contributed by atoms with E-state index in [9.17, 15) is 0 Å². The molecule has 1 nitrogen and oxygen atoms in total. The van der Waals surface area contributed by atoms with E-state index in [1.54, 1.807) is 0 Å². The van der Waals surface area contributed by atoms with Gasteiger partial charge in [-0.1, -0.05) is 65.2 Å². The highest BCUT2D eigenvalue weighted by Gasteiger charge is 2.44. The SMILES string of the molecule is CC1CCC([Si](C)(C)O[Si](C)(C)C2CCC(C)CC2)CC1. The van der Waals surface area contributed by atoms with Crippen LogP contribution in [0.2, 0.25) is 37.3 Å². The molecule has 0 atom stereocenters. The van der Waals surface area contributed by atoms with Crippen molar-refractivity contribution in [1.82, 2.24) is 0 Å². The normalized spacial score (nSPS) is 35.7. The Morgan fingerprint density at radius 2 is 0.857 bits per heavy atom. The van der Waals surface area contributed by atoms with E-state index in [-0.39, 0.29) is 0 Å². The van der Waals surface area contributed by atoms with E-state index in [0.717, 1.165) is 22.9 Å². The maximum atomic E-state index is 7.05. The van der Waals surface area contributed by atoms with Gasteiger partial charge in [0.25, 0.3) is 0 Å². The molecule has 0 aromatic carbocycles. The van der Waals surface area contributed by atoms with Gasteiger partial charge in [0, 0.05) is 0 Å². The molecule has 2 aliphatic rings. The topological polar surface area (TPSA) is 9.23 Å². The predicted octanol–water partition coefficient (Wildman–Crippen LogP) is 6.57. The molecule has 124 valence electrons. The summed E-state index contributed by atoms with van der Waals surface area (Å²) in [5.74, 6) is 1.91. The second-order valence-corrected chi connectivity index (χ2v) is 18.1. The number of hydrogen-bond acceptors (Lipinski definition) is 1. The molecule has 0 spiro atoms. The fourth-order valence-electron chi connectivity index (χ4n) is 4.76. The van der Waals surface area contributed by atoms with Crippen LogP contribution in [-0.4, -0.2) is 16.6 Å². The van der Waals surface area contributed by atoms with Crippen LogP contribution in [0.15, 0.2) is 0 Å². The van der Waals surface area contributed by atoms with Gasteiger partial charge in [0.1, 0.15) is 0 Å². The highest BCUT2D eigenvalue weighted by molar-refractivity contribution is 6.86. The van der Waals surface area contributed by atoms with Crippen LogP contribution in [0.4, 0.5) is 0 Å². The van der Waals surface area contributed by atoms with E-state index in [2.05, 4.69) is 40.0 Å². The largest absolute Gasteiger partial charge is 0.455 e. The molecule has 0 aromatic rings. The van der Waals surface area contributed by atoms with Gasteiger partial charge in [0.05, 0.1) is 0 Å². The minimum Gasteiger partial charge on any atom is -0.455 e. The third-order valence-electron chi connectivity index (χ3n) is 6.52. The summed E-state index contributed by atoms with van der Waals surface area (Å²) in [6.45, 7) is 14.9. The summed E-state index contributed by atoms with van der Waals surface area (Å²) in [6, 6.07) is 0. The standard InChI is InChI=1S/C18H38OSi2/c1-15-7-11-17(12-8-15)20(3,4)19-21(5,6)18-13-9-16(2)10-14-18/h15-18H,7-14H2,1-6H3. The molecular formula is C18H38OSi2. The fraction of sp³-hybridized carbons (Fsp3) is 1.00. The van der Waals surface area contributed by atoms with Crippen molar-refractivity contribution in [2.75, 3.05) is 0 Å². The van der Waals surface area contributed by atoms with Gasteiger partial charge in [-0.15, -0.1) is 0 Å². The van der Waals surface area contributed by atoms with Gasteiger partial charge in [0.15, 0.2) is 16.6 Å². The Balaban J connectivity index is 1.94. The Labute approximate surface area is 135 Å². The molecule has 0 amide bonds. The zero-order valence-corrected chi connectivity index (χ0v) is 17.4. The molecule has 21 heavy (non-hydrogen) atoms. The lowest BCUT2D eigenvalue weighted by molar-refractivity contribution is 0.341. The molecule has 0 saturated heterocycles. The quantitative estimate of drug-likeness (QED) is 0.530. The van der Waals surface area contributed by atoms with Gasteiger partial charge in [0.2, 0.25) is 0 Å². The number of hydrogen-bond donors (Lipinski definition) is 0. The third-order valence-corrected chi connectivity index (χ3v) is 15.8. The summed E-state index contributed by atoms with van der Waals surface area (Å²) in [5, 5.41) is 0. The third kappa shape index (κ3) is 4.68. The second kappa shape index (κ2) is 6.88. The summed E-state index contributed by atoms with van der Waals surface area (Å²) in [5.41, 5.74) is 1.84. The predicted molar refractivity (Wildman–Crippen MR) is 98.8 cm³/mol. The number of rotatable bonds is 4. The molecule has 0 aromatic heterocycles. The Morgan fingerprint density at radius 1 is 0.571 bits per heavy atom. The molecule has 3 heteroatoms. The van der Waals surface area contributed by atoms with Crippen LogP contribution in [0.5, 0.6) is 0 Å². The van der Waals surface area contributed by atoms with Gasteiger partial charge in [-0.3, -0.25) is 0 Å². The summed E-state index contributed by atoms with van der Waals surface area (Å²) in [6.07, 6.45) is 11.5. The minimum atomic E-state index is -1.51. The highest BCUT2D eigenvalue weighted by Crippen LogP contribution is 2.45. The minimum absolute atomic E-state index is 0.919. The Kier molecular flexibility index (Phi) is 5.81. The molecule has 2 saturated carbocycles. The van der Waals surface area contributed by atoms with Crippen molar-refractivity contribution in [2.24, 2.45) is 11.8 Å². The molecule has 0 radical (unpaired) electrons. The van der Waals surface area contributed by atoms with Crippen LogP contribution < -0.4 is 0 Å². The van der Waals surface area contributed by atoms with Crippen molar-refractivity contribution in [3.05, 3.63) is 0 Å². The first-order valence-electron chi connectivity index (χ1n) is 9.41. The first-order chi connectivity index (χ1) is 9.71. The highest BCUT2D eigenvalue weighted by atomic mass is 28.4. The molecule has 2 rings (SSSR count). The van der Waals surface area contributed by atoms with Crippen molar-refractivity contribution in [3.63, 3.8) is 0 Å². The summed E-state index contributed by atoms with van der Waals surface area (Å²) in [4.78, 5) is 0. The molecule has 0 bridgehead atoms. The first kappa shape index (κ1) is 17.7. The molecule has 0 unspecified atom stereocenters. The zero-order chi connectivity index (χ0) is 15.7. The molecule has 2 aliphatic carbocycles. The van der Waals surface area contributed by atoms with Crippen molar-refractivity contribution in [2.45, 2.75) is 102 Å². The smallest absolute Gasteiger partial charge is 0.176 e. The molecule has 2 fully saturated rings. The van der Waals surface area contributed by atoms with Crippen molar-refractivity contribution < 1.29 is 4.12 Å². The van der Waals surface area contributed by atoms with Crippen LogP contribution in [0, 0.1) is 11.8 Å². The van der Waals surface area contributed by atoms with Crippen LogP contribution in [0.3, 0.4) is 0 Å². The van der Waals surface area contributed by atoms with Gasteiger partial charge >= 0.3 is 0 Å². The lowest BCUT2D eigenvalue weighted by Crippen LogP contribution is -2.50. The van der Waals surface area contributed by atoms with E-state index in [1.165, 1.54) is 51.4 Å². The van der Waals surface area contributed by atoms with Gasteiger partial charge in [-0.25, -0.2) is 0 Å². The van der Waals surface area contributed by atoms with Gasteiger partial charge < -0.3 is 4.12 Å². The van der Waals surface area contributed by atoms with Crippen LogP contribution in [0.25, 0.3) is 0 Å². The Bertz CT molecular complexity index is 292. The fourth-order valence-corrected chi connectivity index (χ4v) is 15.0. The molecule has 0 heterocycles. The molecular weight excluding hydrogens is 288 g/mol. The van der Waals surface area contributed by atoms with Crippen LogP contribution in [0.1, 0.15) is 65.2 Å². The maximum absolute atomic E-state index is 7.05. The van der Waals surface area contributed by atoms with Gasteiger partial charge in [-0.05, 0) is 49.1 Å². The van der Waals surface area contributed by atoms with Crippen molar-refractivity contribution in [3.8, 4) is 0 Å². The monoisotopic (exact) mass is 326 g/mol. The average Bonchev–Trinajstić information content (AvgIpc) is 2.38. The second-order valence-electron chi connectivity index (χ2n) is 9.22. The summed E-state index contributed by atoms with van der Waals surface area (Å²) in [7, 11) is -3.01. The van der Waals surface area contributed by atoms with E-state index >= 15 is 0 Å². The first-order valence-corrected chi connectivity index (χ1v) is 15.4. The molecule has 0 N–H and O–H groups in total. The van der Waals surface area contributed by atoms with E-state index in [1.807, 2.05) is 0 Å².